The van der Waals surface area contributed by atoms with Gasteiger partial charge in [0.15, 0.2) is 5.84 Å². The predicted molar refractivity (Wildman–Crippen MR) is 74.7 cm³/mol. The molecule has 114 valence electrons. The SMILES string of the molecule is NC(=NO)C1(NC(=O)NC2CCOC2)CCCCCC1. The van der Waals surface area contributed by atoms with E-state index in [0.29, 0.717) is 26.1 Å². The Morgan fingerprint density at radius 2 is 2.00 bits per heavy atom. The topological polar surface area (TPSA) is 109 Å². The summed E-state index contributed by atoms with van der Waals surface area (Å²) in [5, 5.41) is 18.0. The number of hydrogen-bond acceptors (Lipinski definition) is 4. The van der Waals surface area contributed by atoms with Crippen molar-refractivity contribution in [2.45, 2.75) is 56.5 Å². The molecule has 0 aromatic carbocycles. The van der Waals surface area contributed by atoms with E-state index in [-0.39, 0.29) is 17.9 Å². The van der Waals surface area contributed by atoms with Crippen LogP contribution < -0.4 is 16.4 Å². The van der Waals surface area contributed by atoms with E-state index in [2.05, 4.69) is 15.8 Å². The quantitative estimate of drug-likeness (QED) is 0.203. The third kappa shape index (κ3) is 3.53. The van der Waals surface area contributed by atoms with Gasteiger partial charge in [0.05, 0.1) is 12.6 Å². The molecule has 2 amide bonds. The molecule has 2 rings (SSSR count). The highest BCUT2D eigenvalue weighted by atomic mass is 16.5. The van der Waals surface area contributed by atoms with Crippen LogP contribution in [0, 0.1) is 0 Å². The molecule has 1 aliphatic carbocycles. The van der Waals surface area contributed by atoms with Crippen LogP contribution in [0.3, 0.4) is 0 Å². The summed E-state index contributed by atoms with van der Waals surface area (Å²) in [5.74, 6) is 0.0946. The number of amidine groups is 1. The van der Waals surface area contributed by atoms with Crippen LogP contribution in [0.5, 0.6) is 0 Å². The van der Waals surface area contributed by atoms with Gasteiger partial charge < -0.3 is 26.3 Å². The standard InChI is InChI=1S/C13H24N4O3/c14-11(17-19)13(6-3-1-2-4-7-13)16-12(18)15-10-5-8-20-9-10/h10,19H,1-9H2,(H2,14,17)(H2,15,16,18). The maximum absolute atomic E-state index is 12.1. The number of carbonyl (C=O) groups is 1. The molecule has 1 atom stereocenters. The molecule has 5 N–H and O–H groups in total. The van der Waals surface area contributed by atoms with Crippen molar-refractivity contribution in [2.24, 2.45) is 10.9 Å². The van der Waals surface area contributed by atoms with Crippen molar-refractivity contribution >= 4 is 11.9 Å². The maximum Gasteiger partial charge on any atom is 0.315 e. The largest absolute Gasteiger partial charge is 0.409 e. The summed E-state index contributed by atoms with van der Waals surface area (Å²) in [6.07, 6.45) is 6.38. The second kappa shape index (κ2) is 6.78. The number of nitrogens with one attached hydrogen (secondary N) is 2. The van der Waals surface area contributed by atoms with Crippen LogP contribution in [-0.2, 0) is 4.74 Å². The third-order valence-corrected chi connectivity index (χ3v) is 4.17. The third-order valence-electron chi connectivity index (χ3n) is 4.17. The van der Waals surface area contributed by atoms with E-state index in [1.165, 1.54) is 0 Å². The summed E-state index contributed by atoms with van der Waals surface area (Å²) in [6, 6.07) is -0.223. The lowest BCUT2D eigenvalue weighted by molar-refractivity contribution is 0.187. The Kier molecular flexibility index (Phi) is 5.05. The van der Waals surface area contributed by atoms with E-state index >= 15 is 0 Å². The van der Waals surface area contributed by atoms with Crippen LogP contribution in [0.15, 0.2) is 5.16 Å². The van der Waals surface area contributed by atoms with Gasteiger partial charge in [0.1, 0.15) is 5.54 Å². The van der Waals surface area contributed by atoms with Crippen molar-refractivity contribution in [3.63, 3.8) is 0 Å². The number of ether oxygens (including phenoxy) is 1. The van der Waals surface area contributed by atoms with Gasteiger partial charge in [0, 0.05) is 6.61 Å². The second-order valence-electron chi connectivity index (χ2n) is 5.64. The van der Waals surface area contributed by atoms with Gasteiger partial charge in [0.2, 0.25) is 0 Å². The number of hydrogen-bond donors (Lipinski definition) is 4. The van der Waals surface area contributed by atoms with Gasteiger partial charge in [-0.15, -0.1) is 0 Å². The van der Waals surface area contributed by atoms with Gasteiger partial charge in [-0.3, -0.25) is 0 Å². The molecule has 2 fully saturated rings. The van der Waals surface area contributed by atoms with Gasteiger partial charge >= 0.3 is 6.03 Å². The minimum atomic E-state index is -0.727. The fourth-order valence-electron chi connectivity index (χ4n) is 2.96. The lowest BCUT2D eigenvalue weighted by Crippen LogP contribution is -2.60. The van der Waals surface area contributed by atoms with Crippen molar-refractivity contribution in [2.75, 3.05) is 13.2 Å². The summed E-state index contributed by atoms with van der Waals surface area (Å²) in [5.41, 5.74) is 5.11. The average Bonchev–Trinajstić information content (AvgIpc) is 2.82. The summed E-state index contributed by atoms with van der Waals surface area (Å²) < 4.78 is 5.23. The lowest BCUT2D eigenvalue weighted by atomic mass is 9.89. The van der Waals surface area contributed by atoms with Crippen LogP contribution in [0.25, 0.3) is 0 Å². The van der Waals surface area contributed by atoms with E-state index in [1.807, 2.05) is 0 Å². The van der Waals surface area contributed by atoms with E-state index < -0.39 is 5.54 Å². The molecule has 1 heterocycles. The molecular formula is C13H24N4O3. The van der Waals surface area contributed by atoms with Crippen LogP contribution >= 0.6 is 0 Å². The molecule has 7 nitrogen and oxygen atoms in total. The van der Waals surface area contributed by atoms with Crippen LogP contribution in [-0.4, -0.2) is 41.9 Å². The molecular weight excluding hydrogens is 260 g/mol. The van der Waals surface area contributed by atoms with Crippen LogP contribution in [0.2, 0.25) is 0 Å². The minimum Gasteiger partial charge on any atom is -0.409 e. The molecule has 1 unspecified atom stereocenters. The van der Waals surface area contributed by atoms with Gasteiger partial charge in [-0.05, 0) is 19.3 Å². The van der Waals surface area contributed by atoms with Gasteiger partial charge in [-0.25, -0.2) is 4.79 Å². The van der Waals surface area contributed by atoms with E-state index in [9.17, 15) is 4.79 Å². The van der Waals surface area contributed by atoms with E-state index in [0.717, 1.165) is 32.1 Å². The molecule has 1 saturated carbocycles. The zero-order chi connectivity index (χ0) is 14.4. The molecule has 0 bridgehead atoms. The first-order chi connectivity index (χ1) is 9.66. The Labute approximate surface area is 118 Å². The Hall–Kier alpha value is -1.50. The van der Waals surface area contributed by atoms with Crippen molar-refractivity contribution in [3.8, 4) is 0 Å². The zero-order valence-corrected chi connectivity index (χ0v) is 11.7. The average molecular weight is 284 g/mol. The molecule has 0 radical (unpaired) electrons. The monoisotopic (exact) mass is 284 g/mol. The van der Waals surface area contributed by atoms with Crippen molar-refractivity contribution in [1.29, 1.82) is 0 Å². The summed E-state index contributed by atoms with van der Waals surface area (Å²) in [7, 11) is 0. The number of nitrogens with two attached hydrogens (primary N) is 1. The van der Waals surface area contributed by atoms with Gasteiger partial charge in [-0.1, -0.05) is 30.8 Å². The Bertz CT molecular complexity index is 359. The van der Waals surface area contributed by atoms with Crippen molar-refractivity contribution in [3.05, 3.63) is 0 Å². The highest BCUT2D eigenvalue weighted by Gasteiger charge is 2.37. The van der Waals surface area contributed by atoms with Crippen LogP contribution in [0.4, 0.5) is 4.79 Å². The smallest absolute Gasteiger partial charge is 0.315 e. The first-order valence-corrected chi connectivity index (χ1v) is 7.31. The number of oxime groups is 1. The molecule has 2 aliphatic rings. The predicted octanol–water partition coefficient (Wildman–Crippen LogP) is 0.914. The number of carbonyl (C=O) groups excluding carboxylic acids is 1. The summed E-state index contributed by atoms with van der Waals surface area (Å²) >= 11 is 0. The fourth-order valence-corrected chi connectivity index (χ4v) is 2.96. The highest BCUT2D eigenvalue weighted by molar-refractivity contribution is 5.93. The number of amides is 2. The molecule has 0 aromatic rings. The molecule has 0 aromatic heterocycles. The van der Waals surface area contributed by atoms with E-state index in [4.69, 9.17) is 15.7 Å². The number of urea groups is 1. The Balaban J connectivity index is 2.00. The zero-order valence-electron chi connectivity index (χ0n) is 11.7. The van der Waals surface area contributed by atoms with Crippen molar-refractivity contribution < 1.29 is 14.7 Å². The summed E-state index contributed by atoms with van der Waals surface area (Å²) in [6.45, 7) is 1.22. The Morgan fingerprint density at radius 3 is 2.55 bits per heavy atom. The highest BCUT2D eigenvalue weighted by Crippen LogP contribution is 2.27. The maximum atomic E-state index is 12.1. The number of nitrogens with zero attached hydrogens (tertiary/aromatic N) is 1. The number of rotatable bonds is 3. The molecule has 20 heavy (non-hydrogen) atoms. The lowest BCUT2D eigenvalue weighted by Gasteiger charge is -2.32. The summed E-state index contributed by atoms with van der Waals surface area (Å²) in [4.78, 5) is 12.1. The first kappa shape index (κ1) is 14.9. The normalized spacial score (nSPS) is 26.8. The van der Waals surface area contributed by atoms with Gasteiger partial charge in [0.25, 0.3) is 0 Å². The van der Waals surface area contributed by atoms with Gasteiger partial charge in [-0.2, -0.15) is 0 Å². The molecule has 1 saturated heterocycles. The molecule has 0 spiro atoms. The fraction of sp³-hybridized carbons (Fsp3) is 0.846. The first-order valence-electron chi connectivity index (χ1n) is 7.31. The van der Waals surface area contributed by atoms with Crippen molar-refractivity contribution in [1.82, 2.24) is 10.6 Å². The Morgan fingerprint density at radius 1 is 1.30 bits per heavy atom. The minimum absolute atomic E-state index is 0.0464. The second-order valence-corrected chi connectivity index (χ2v) is 5.64. The molecule has 1 aliphatic heterocycles. The van der Waals surface area contributed by atoms with E-state index in [1.54, 1.807) is 0 Å². The van der Waals surface area contributed by atoms with Crippen LogP contribution in [0.1, 0.15) is 44.9 Å². The molecule has 7 heteroatoms.